The first-order valence-corrected chi connectivity index (χ1v) is 19.1. The molecule has 0 bridgehead atoms. The first kappa shape index (κ1) is 39.9. The van der Waals surface area contributed by atoms with Crippen LogP contribution in [0.5, 0.6) is 17.5 Å². The van der Waals surface area contributed by atoms with Gasteiger partial charge in [-0.25, -0.2) is 14.2 Å². The van der Waals surface area contributed by atoms with E-state index in [2.05, 4.69) is 12.2 Å². The quantitative estimate of drug-likeness (QED) is 0.0327. The van der Waals surface area contributed by atoms with Crippen molar-refractivity contribution in [2.45, 2.75) is 90.6 Å². The smallest absolute Gasteiger partial charge is 0.347 e. The molecule has 12 heteroatoms. The van der Waals surface area contributed by atoms with Crippen LogP contribution in [-0.2, 0) is 11.3 Å². The molecule has 11 nitrogen and oxygen atoms in total. The standard InChI is InChI=1S/C42H48ClN3O8/c1-3-5-6-7-8-9-10-11-12-18-25-53-35-24-23-31(43)27-33(35)44-38(48)36(37(47)32-26-30-21-16-17-22-34(30)54-41(32)50)46-39(49)40(52-4-2)45(42(46)51)28-29-19-14-13-15-20-29/h13-17,19-24,26-27,36,49H,3-12,18,25,28H2,1-2H3,(H,44,48). The minimum absolute atomic E-state index is 0.0402. The van der Waals surface area contributed by atoms with Crippen molar-refractivity contribution in [2.24, 2.45) is 0 Å². The summed E-state index contributed by atoms with van der Waals surface area (Å²) in [5.74, 6) is -2.82. The molecule has 1 amide bonds. The molecule has 2 N–H and O–H groups in total. The molecular weight excluding hydrogens is 710 g/mol. The van der Waals surface area contributed by atoms with Gasteiger partial charge >= 0.3 is 11.3 Å². The number of anilines is 1. The van der Waals surface area contributed by atoms with Gasteiger partial charge in [-0.1, -0.05) is 125 Å². The molecule has 5 rings (SSSR count). The largest absolute Gasteiger partial charge is 0.491 e. The van der Waals surface area contributed by atoms with Crippen molar-refractivity contribution >= 4 is 39.9 Å². The first-order chi connectivity index (χ1) is 26.2. The monoisotopic (exact) mass is 757 g/mol. The Hall–Kier alpha value is -5.29. The summed E-state index contributed by atoms with van der Waals surface area (Å²) in [7, 11) is 0. The second-order valence-corrected chi connectivity index (χ2v) is 13.6. The summed E-state index contributed by atoms with van der Waals surface area (Å²) < 4.78 is 18.9. The van der Waals surface area contributed by atoms with E-state index >= 15 is 0 Å². The number of benzene rings is 3. The van der Waals surface area contributed by atoms with Crippen LogP contribution in [0.25, 0.3) is 11.0 Å². The van der Waals surface area contributed by atoms with Crippen LogP contribution in [-0.4, -0.2) is 39.1 Å². The molecule has 2 aromatic heterocycles. The van der Waals surface area contributed by atoms with Gasteiger partial charge in [0.05, 0.1) is 25.4 Å². The number of unbranched alkanes of at least 4 members (excludes halogenated alkanes) is 9. The number of imidazole rings is 1. The van der Waals surface area contributed by atoms with Crippen molar-refractivity contribution in [1.82, 2.24) is 9.13 Å². The van der Waals surface area contributed by atoms with Crippen LogP contribution in [0, 0.1) is 0 Å². The maximum Gasteiger partial charge on any atom is 0.347 e. The van der Waals surface area contributed by atoms with E-state index in [0.717, 1.165) is 23.8 Å². The van der Waals surface area contributed by atoms with Gasteiger partial charge in [-0.15, -0.1) is 0 Å². The molecule has 1 unspecified atom stereocenters. The predicted octanol–water partition coefficient (Wildman–Crippen LogP) is 8.92. The molecule has 0 aliphatic carbocycles. The van der Waals surface area contributed by atoms with Crippen molar-refractivity contribution in [2.75, 3.05) is 18.5 Å². The first-order valence-electron chi connectivity index (χ1n) is 18.7. The van der Waals surface area contributed by atoms with Crippen molar-refractivity contribution in [3.63, 3.8) is 0 Å². The fourth-order valence-corrected chi connectivity index (χ4v) is 6.55. The van der Waals surface area contributed by atoms with E-state index in [1.165, 1.54) is 57.1 Å². The van der Waals surface area contributed by atoms with E-state index in [1.807, 2.05) is 6.07 Å². The van der Waals surface area contributed by atoms with Crippen LogP contribution in [0.15, 0.2) is 92.9 Å². The van der Waals surface area contributed by atoms with Gasteiger partial charge in [0.1, 0.15) is 16.9 Å². The van der Waals surface area contributed by atoms with Crippen LogP contribution in [0.4, 0.5) is 5.69 Å². The number of amides is 1. The lowest BCUT2D eigenvalue weighted by Crippen LogP contribution is -2.40. The van der Waals surface area contributed by atoms with Crippen LogP contribution in [0.1, 0.15) is 100 Å². The van der Waals surface area contributed by atoms with Gasteiger partial charge < -0.3 is 24.3 Å². The average Bonchev–Trinajstić information content (AvgIpc) is 3.38. The molecule has 286 valence electrons. The molecule has 0 aliphatic heterocycles. The average molecular weight is 758 g/mol. The number of nitrogens with zero attached hydrogens (tertiary/aromatic N) is 2. The number of ether oxygens (including phenoxy) is 2. The number of hydrogen-bond donors (Lipinski definition) is 2. The molecule has 3 aromatic carbocycles. The Labute approximate surface area is 319 Å². The zero-order valence-corrected chi connectivity index (χ0v) is 31.6. The summed E-state index contributed by atoms with van der Waals surface area (Å²) in [5, 5.41) is 14.9. The van der Waals surface area contributed by atoms with Gasteiger partial charge in [0.25, 0.3) is 17.7 Å². The van der Waals surface area contributed by atoms with E-state index in [1.54, 1.807) is 67.6 Å². The number of hydrogen-bond acceptors (Lipinski definition) is 8. The highest BCUT2D eigenvalue weighted by molar-refractivity contribution is 6.31. The normalized spacial score (nSPS) is 11.8. The molecule has 1 atom stereocenters. The summed E-state index contributed by atoms with van der Waals surface area (Å²) in [6.45, 7) is 4.28. The molecule has 0 aliphatic rings. The highest BCUT2D eigenvalue weighted by Crippen LogP contribution is 2.33. The second-order valence-electron chi connectivity index (χ2n) is 13.2. The van der Waals surface area contributed by atoms with E-state index in [0.29, 0.717) is 27.9 Å². The number of aromatic hydroxyl groups is 1. The van der Waals surface area contributed by atoms with Crippen molar-refractivity contribution in [3.8, 4) is 17.5 Å². The fourth-order valence-electron chi connectivity index (χ4n) is 6.38. The Morgan fingerprint density at radius 2 is 1.50 bits per heavy atom. The number of aromatic nitrogens is 2. The molecule has 0 spiro atoms. The third-order valence-electron chi connectivity index (χ3n) is 9.18. The summed E-state index contributed by atoms with van der Waals surface area (Å²) in [4.78, 5) is 56.2. The van der Waals surface area contributed by atoms with Crippen molar-refractivity contribution in [3.05, 3.63) is 116 Å². The fraction of sp³-hybridized carbons (Fsp3) is 0.381. The van der Waals surface area contributed by atoms with E-state index < -0.39 is 40.5 Å². The SMILES string of the molecule is CCCCCCCCCCCCOc1ccc(Cl)cc1NC(=O)C(C(=O)c1cc2ccccc2oc1=O)n1c(O)c(OCC)n(Cc2ccccc2)c1=O. The summed E-state index contributed by atoms with van der Waals surface area (Å²) >= 11 is 6.35. The third-order valence-corrected chi connectivity index (χ3v) is 9.42. The summed E-state index contributed by atoms with van der Waals surface area (Å²) in [6, 6.07) is 19.5. The van der Waals surface area contributed by atoms with Gasteiger partial charge in [-0.05, 0) is 49.2 Å². The second kappa shape index (κ2) is 19.7. The number of Topliss-reactive ketones (excluding diaryl/α,β-unsaturated/α-hetero) is 1. The maximum atomic E-state index is 14.4. The number of carbonyl (C=O) groups excluding carboxylic acids is 2. The topological polar surface area (TPSA) is 142 Å². The highest BCUT2D eigenvalue weighted by atomic mass is 35.5. The molecule has 0 saturated carbocycles. The van der Waals surface area contributed by atoms with Gasteiger partial charge in [0, 0.05) is 10.4 Å². The van der Waals surface area contributed by atoms with E-state index in [4.69, 9.17) is 25.5 Å². The van der Waals surface area contributed by atoms with Crippen LogP contribution in [0.3, 0.4) is 0 Å². The Morgan fingerprint density at radius 3 is 2.20 bits per heavy atom. The lowest BCUT2D eigenvalue weighted by Gasteiger charge is -2.19. The number of para-hydroxylation sites is 1. The number of carbonyl (C=O) groups is 2. The minimum Gasteiger partial charge on any atom is -0.491 e. The number of nitrogens with one attached hydrogen (secondary N) is 1. The zero-order chi connectivity index (χ0) is 38.5. The minimum atomic E-state index is -2.08. The molecule has 54 heavy (non-hydrogen) atoms. The predicted molar refractivity (Wildman–Crippen MR) is 210 cm³/mol. The molecule has 0 fully saturated rings. The Bertz CT molecular complexity index is 2140. The van der Waals surface area contributed by atoms with Gasteiger partial charge in [-0.3, -0.25) is 14.2 Å². The van der Waals surface area contributed by atoms with Gasteiger partial charge in [0.2, 0.25) is 5.78 Å². The molecule has 2 heterocycles. The van der Waals surface area contributed by atoms with E-state index in [9.17, 15) is 24.3 Å². The lowest BCUT2D eigenvalue weighted by molar-refractivity contribution is -0.118. The highest BCUT2D eigenvalue weighted by Gasteiger charge is 2.38. The van der Waals surface area contributed by atoms with Gasteiger partial charge in [-0.2, -0.15) is 0 Å². The number of halogens is 1. The van der Waals surface area contributed by atoms with Gasteiger partial charge in [0.15, 0.2) is 6.04 Å². The Morgan fingerprint density at radius 1 is 0.833 bits per heavy atom. The number of ketones is 1. The third kappa shape index (κ3) is 10.0. The molecule has 0 saturated heterocycles. The number of rotatable bonds is 21. The molecular formula is C42H48ClN3O8. The summed E-state index contributed by atoms with van der Waals surface area (Å²) in [5.41, 5.74) is -1.34. The van der Waals surface area contributed by atoms with E-state index in [-0.39, 0.29) is 35.3 Å². The maximum absolute atomic E-state index is 14.4. The lowest BCUT2D eigenvalue weighted by atomic mass is 10.0. The zero-order valence-electron chi connectivity index (χ0n) is 30.9. The Kier molecular flexibility index (Phi) is 14.6. The van der Waals surface area contributed by atoms with Crippen LogP contribution >= 0.6 is 11.6 Å². The van der Waals surface area contributed by atoms with Crippen molar-refractivity contribution < 1.29 is 28.6 Å². The van der Waals surface area contributed by atoms with Crippen LogP contribution in [0.2, 0.25) is 5.02 Å². The van der Waals surface area contributed by atoms with Crippen molar-refractivity contribution in [1.29, 1.82) is 0 Å². The van der Waals surface area contributed by atoms with Crippen LogP contribution < -0.4 is 26.1 Å². The summed E-state index contributed by atoms with van der Waals surface area (Å²) in [6.07, 6.45) is 11.6. The molecule has 5 aromatic rings. The Balaban J connectivity index is 1.44. The number of fused-ring (bicyclic) bond motifs is 1. The molecule has 0 radical (unpaired) electrons.